The van der Waals surface area contributed by atoms with Crippen LogP contribution in [0.4, 0.5) is 0 Å². The molecule has 0 aliphatic heterocycles. The summed E-state index contributed by atoms with van der Waals surface area (Å²) in [6.07, 6.45) is 2.05. The monoisotopic (exact) mass is 295 g/mol. The van der Waals surface area contributed by atoms with Gasteiger partial charge in [-0.15, -0.1) is 0 Å². The van der Waals surface area contributed by atoms with Gasteiger partial charge in [0.2, 0.25) is 0 Å². The Labute approximate surface area is 108 Å². The molecule has 0 radical (unpaired) electrons. The molecule has 1 aromatic carbocycles. The van der Waals surface area contributed by atoms with Gasteiger partial charge in [0, 0.05) is 5.39 Å². The first-order chi connectivity index (χ1) is 8.24. The van der Waals surface area contributed by atoms with Crippen molar-refractivity contribution in [1.82, 2.24) is 4.98 Å². The van der Waals surface area contributed by atoms with Crippen molar-refractivity contribution in [3.63, 3.8) is 0 Å². The molecule has 2 rings (SSSR count). The van der Waals surface area contributed by atoms with Gasteiger partial charge < -0.3 is 9.72 Å². The number of unbranched alkanes of at least 4 members (excludes halogenated alkanes) is 1. The Bertz CT molecular complexity index is 577. The minimum Gasteiger partial charge on any atom is -0.491 e. The lowest BCUT2D eigenvalue weighted by atomic mass is 10.2. The number of pyridine rings is 1. The number of hydrogen-bond acceptors (Lipinski definition) is 2. The fraction of sp³-hybridized carbons (Fsp3) is 0.308. The Morgan fingerprint density at radius 2 is 2.12 bits per heavy atom. The number of ether oxygens (including phenoxy) is 1. The van der Waals surface area contributed by atoms with Gasteiger partial charge in [-0.25, -0.2) is 0 Å². The summed E-state index contributed by atoms with van der Waals surface area (Å²) in [4.78, 5) is 14.5. The Kier molecular flexibility index (Phi) is 3.84. The molecule has 0 amide bonds. The molecule has 0 spiro atoms. The first-order valence-electron chi connectivity index (χ1n) is 5.67. The topological polar surface area (TPSA) is 42.1 Å². The second kappa shape index (κ2) is 5.36. The Hall–Kier alpha value is -1.29. The zero-order valence-corrected chi connectivity index (χ0v) is 11.2. The lowest BCUT2D eigenvalue weighted by Crippen LogP contribution is -2.10. The SMILES string of the molecule is CCCCOc1c(Br)c(=O)[nH]c2ccccc12. The first-order valence-corrected chi connectivity index (χ1v) is 6.46. The average molecular weight is 296 g/mol. The van der Waals surface area contributed by atoms with Crippen LogP contribution in [0.1, 0.15) is 19.8 Å². The number of halogens is 1. The van der Waals surface area contributed by atoms with Gasteiger partial charge in [-0.1, -0.05) is 25.5 Å². The first kappa shape index (κ1) is 12.2. The van der Waals surface area contributed by atoms with Crippen molar-refractivity contribution >= 4 is 26.8 Å². The Morgan fingerprint density at radius 3 is 2.88 bits per heavy atom. The molecule has 90 valence electrons. The van der Waals surface area contributed by atoms with E-state index in [9.17, 15) is 4.79 Å². The van der Waals surface area contributed by atoms with Crippen LogP contribution >= 0.6 is 15.9 Å². The largest absolute Gasteiger partial charge is 0.491 e. The maximum Gasteiger partial charge on any atom is 0.266 e. The van der Waals surface area contributed by atoms with Crippen LogP contribution in [0.2, 0.25) is 0 Å². The van der Waals surface area contributed by atoms with Crippen LogP contribution in [0, 0.1) is 0 Å². The normalized spacial score (nSPS) is 10.7. The van der Waals surface area contributed by atoms with E-state index in [1.165, 1.54) is 0 Å². The van der Waals surface area contributed by atoms with Gasteiger partial charge in [-0.3, -0.25) is 4.79 Å². The molecular formula is C13H14BrNO2. The molecule has 0 aliphatic carbocycles. The molecule has 0 fully saturated rings. The van der Waals surface area contributed by atoms with Gasteiger partial charge in [0.25, 0.3) is 5.56 Å². The van der Waals surface area contributed by atoms with E-state index < -0.39 is 0 Å². The average Bonchev–Trinajstić information content (AvgIpc) is 2.34. The van der Waals surface area contributed by atoms with Crippen LogP contribution < -0.4 is 10.3 Å². The second-order valence-electron chi connectivity index (χ2n) is 3.84. The van der Waals surface area contributed by atoms with E-state index in [-0.39, 0.29) is 5.56 Å². The molecule has 3 nitrogen and oxygen atoms in total. The molecule has 2 aromatic rings. The predicted molar refractivity (Wildman–Crippen MR) is 72.7 cm³/mol. The van der Waals surface area contributed by atoms with Crippen LogP contribution in [-0.2, 0) is 0 Å². The molecule has 1 N–H and O–H groups in total. The molecule has 0 saturated carbocycles. The van der Waals surface area contributed by atoms with E-state index in [0.717, 1.165) is 23.7 Å². The number of aromatic amines is 1. The van der Waals surface area contributed by atoms with Crippen molar-refractivity contribution in [3.8, 4) is 5.75 Å². The summed E-state index contributed by atoms with van der Waals surface area (Å²) in [5.41, 5.74) is 0.641. The quantitative estimate of drug-likeness (QED) is 0.878. The molecule has 0 aliphatic rings. The number of nitrogens with one attached hydrogen (secondary N) is 1. The van der Waals surface area contributed by atoms with Crippen molar-refractivity contribution < 1.29 is 4.74 Å². The van der Waals surface area contributed by atoms with Gasteiger partial charge in [-0.05, 0) is 34.5 Å². The summed E-state index contributed by atoms with van der Waals surface area (Å²) in [5, 5.41) is 0.926. The highest BCUT2D eigenvalue weighted by Gasteiger charge is 2.10. The number of fused-ring (bicyclic) bond motifs is 1. The third-order valence-corrected chi connectivity index (χ3v) is 3.28. The summed E-state index contributed by atoms with van der Waals surface area (Å²) in [6.45, 7) is 2.73. The van der Waals surface area contributed by atoms with Crippen LogP contribution in [-0.4, -0.2) is 11.6 Å². The van der Waals surface area contributed by atoms with Gasteiger partial charge in [-0.2, -0.15) is 0 Å². The highest BCUT2D eigenvalue weighted by molar-refractivity contribution is 9.10. The van der Waals surface area contributed by atoms with E-state index in [4.69, 9.17) is 4.74 Å². The van der Waals surface area contributed by atoms with E-state index >= 15 is 0 Å². The van der Waals surface area contributed by atoms with E-state index in [2.05, 4.69) is 27.8 Å². The van der Waals surface area contributed by atoms with Crippen molar-refractivity contribution in [2.75, 3.05) is 6.61 Å². The summed E-state index contributed by atoms with van der Waals surface area (Å²) in [7, 11) is 0. The summed E-state index contributed by atoms with van der Waals surface area (Å²) in [6, 6.07) is 7.63. The molecule has 0 saturated heterocycles. The number of H-pyrrole nitrogens is 1. The van der Waals surface area contributed by atoms with Crippen molar-refractivity contribution in [1.29, 1.82) is 0 Å². The van der Waals surface area contributed by atoms with Crippen LogP contribution in [0.3, 0.4) is 0 Å². The molecule has 0 bridgehead atoms. The molecule has 1 aromatic heterocycles. The highest BCUT2D eigenvalue weighted by Crippen LogP contribution is 2.29. The smallest absolute Gasteiger partial charge is 0.266 e. The lowest BCUT2D eigenvalue weighted by molar-refractivity contribution is 0.310. The summed E-state index contributed by atoms with van der Waals surface area (Å²) in [5.74, 6) is 0.637. The standard InChI is InChI=1S/C13H14BrNO2/c1-2-3-8-17-12-9-6-4-5-7-10(9)15-13(16)11(12)14/h4-7H,2-3,8H2,1H3,(H,15,16). The highest BCUT2D eigenvalue weighted by atomic mass is 79.9. The van der Waals surface area contributed by atoms with Crippen LogP contribution in [0.5, 0.6) is 5.75 Å². The third-order valence-electron chi connectivity index (χ3n) is 2.56. The number of para-hydroxylation sites is 1. The molecule has 0 unspecified atom stereocenters. The van der Waals surface area contributed by atoms with E-state index in [1.54, 1.807) is 0 Å². The van der Waals surface area contributed by atoms with E-state index in [1.807, 2.05) is 24.3 Å². The van der Waals surface area contributed by atoms with Crippen molar-refractivity contribution in [2.45, 2.75) is 19.8 Å². The van der Waals surface area contributed by atoms with Gasteiger partial charge in [0.1, 0.15) is 10.2 Å². The van der Waals surface area contributed by atoms with Crippen molar-refractivity contribution in [3.05, 3.63) is 39.1 Å². The molecule has 4 heteroatoms. The fourth-order valence-corrected chi connectivity index (χ4v) is 2.08. The molecular weight excluding hydrogens is 282 g/mol. The van der Waals surface area contributed by atoms with Gasteiger partial charge >= 0.3 is 0 Å². The number of rotatable bonds is 4. The second-order valence-corrected chi connectivity index (χ2v) is 4.64. The number of aromatic nitrogens is 1. The zero-order valence-electron chi connectivity index (χ0n) is 9.63. The van der Waals surface area contributed by atoms with Gasteiger partial charge in [0.05, 0.1) is 12.1 Å². The number of hydrogen-bond donors (Lipinski definition) is 1. The maximum absolute atomic E-state index is 11.7. The van der Waals surface area contributed by atoms with Gasteiger partial charge in [0.15, 0.2) is 0 Å². The summed E-state index contributed by atoms with van der Waals surface area (Å²) < 4.78 is 6.17. The predicted octanol–water partition coefficient (Wildman–Crippen LogP) is 3.47. The van der Waals surface area contributed by atoms with Crippen LogP contribution in [0.25, 0.3) is 10.9 Å². The Balaban J connectivity index is 2.50. The van der Waals surface area contributed by atoms with E-state index in [0.29, 0.717) is 16.8 Å². The molecule has 17 heavy (non-hydrogen) atoms. The maximum atomic E-state index is 11.7. The van der Waals surface area contributed by atoms with Crippen LogP contribution in [0.15, 0.2) is 33.5 Å². The Morgan fingerprint density at radius 1 is 1.35 bits per heavy atom. The summed E-state index contributed by atoms with van der Waals surface area (Å²) >= 11 is 3.28. The third kappa shape index (κ3) is 2.52. The minimum atomic E-state index is -0.157. The van der Waals surface area contributed by atoms with Crippen molar-refractivity contribution in [2.24, 2.45) is 0 Å². The fourth-order valence-electron chi connectivity index (χ4n) is 1.65. The lowest BCUT2D eigenvalue weighted by Gasteiger charge is -2.10. The number of benzene rings is 1. The molecule has 1 heterocycles. The molecule has 0 atom stereocenters. The minimum absolute atomic E-state index is 0.157. The zero-order chi connectivity index (χ0) is 12.3.